The van der Waals surface area contributed by atoms with Gasteiger partial charge in [0.2, 0.25) is 0 Å². The summed E-state index contributed by atoms with van der Waals surface area (Å²) in [5.41, 5.74) is 1.88. The molecule has 1 fully saturated rings. The maximum absolute atomic E-state index is 12.9. The van der Waals surface area contributed by atoms with Crippen molar-refractivity contribution >= 4 is 38.4 Å². The molecular formula is C19H16BrClN2O2. The highest BCUT2D eigenvalue weighted by Crippen LogP contribution is 2.37. The van der Waals surface area contributed by atoms with Crippen LogP contribution in [0.5, 0.6) is 0 Å². The van der Waals surface area contributed by atoms with Crippen LogP contribution in [-0.4, -0.2) is 20.8 Å². The minimum Gasteiger partial charge on any atom is -0.393 e. The summed E-state index contributed by atoms with van der Waals surface area (Å²) in [4.78, 5) is 17.3. The van der Waals surface area contributed by atoms with Gasteiger partial charge in [-0.25, -0.2) is 4.79 Å². The molecule has 1 N–H and O–H groups in total. The van der Waals surface area contributed by atoms with Crippen molar-refractivity contribution in [3.05, 3.63) is 68.1 Å². The van der Waals surface area contributed by atoms with E-state index >= 15 is 0 Å². The van der Waals surface area contributed by atoms with E-state index in [0.717, 1.165) is 39.6 Å². The topological polar surface area (TPSA) is 55.1 Å². The van der Waals surface area contributed by atoms with Crippen LogP contribution in [0.1, 0.15) is 30.9 Å². The fourth-order valence-electron chi connectivity index (χ4n) is 3.61. The number of para-hydroxylation sites is 1. The van der Waals surface area contributed by atoms with Crippen molar-refractivity contribution in [1.82, 2.24) is 9.55 Å². The first-order valence-electron chi connectivity index (χ1n) is 8.20. The number of aliphatic hydroxyl groups excluding tert-OH is 1. The molecule has 2 atom stereocenters. The Morgan fingerprint density at radius 3 is 2.72 bits per heavy atom. The Morgan fingerprint density at radius 1 is 1.20 bits per heavy atom. The Hall–Kier alpha value is -1.69. The van der Waals surface area contributed by atoms with Gasteiger partial charge in [-0.1, -0.05) is 23.7 Å². The maximum Gasteiger partial charge on any atom is 0.352 e. The van der Waals surface area contributed by atoms with Gasteiger partial charge in [0.25, 0.3) is 0 Å². The Labute approximate surface area is 158 Å². The van der Waals surface area contributed by atoms with Crippen LogP contribution in [0.15, 0.2) is 51.7 Å². The molecule has 4 nitrogen and oxygen atoms in total. The van der Waals surface area contributed by atoms with E-state index in [1.807, 2.05) is 36.4 Å². The molecule has 25 heavy (non-hydrogen) atoms. The van der Waals surface area contributed by atoms with E-state index in [-0.39, 0.29) is 17.7 Å². The first-order valence-corrected chi connectivity index (χ1v) is 9.37. The van der Waals surface area contributed by atoms with Gasteiger partial charge in [0, 0.05) is 20.8 Å². The number of rotatable bonds is 2. The number of aromatic nitrogens is 2. The molecule has 0 radical (unpaired) electrons. The van der Waals surface area contributed by atoms with Gasteiger partial charge in [0.15, 0.2) is 0 Å². The summed E-state index contributed by atoms with van der Waals surface area (Å²) in [7, 11) is 0. The number of nitrogens with zero attached hydrogens (tertiary/aromatic N) is 2. The summed E-state index contributed by atoms with van der Waals surface area (Å²) in [5, 5.41) is 11.3. The third-order valence-electron chi connectivity index (χ3n) is 4.77. The molecule has 3 aromatic rings. The largest absolute Gasteiger partial charge is 0.393 e. The van der Waals surface area contributed by atoms with Crippen LogP contribution in [0, 0.1) is 0 Å². The lowest BCUT2D eigenvalue weighted by Gasteiger charge is -2.17. The Kier molecular flexibility index (Phi) is 4.40. The molecule has 0 aliphatic heterocycles. The molecule has 0 amide bonds. The zero-order chi connectivity index (χ0) is 17.6. The summed E-state index contributed by atoms with van der Waals surface area (Å²) in [6.07, 6.45) is 1.90. The number of halogens is 2. The quantitative estimate of drug-likeness (QED) is 0.668. The maximum atomic E-state index is 12.9. The number of fused-ring (bicyclic) bond motifs is 1. The number of aliphatic hydroxyl groups is 1. The normalized spacial score (nSPS) is 20.3. The average molecular weight is 420 g/mol. The lowest BCUT2D eigenvalue weighted by molar-refractivity contribution is 0.181. The molecule has 0 bridgehead atoms. The van der Waals surface area contributed by atoms with E-state index in [1.54, 1.807) is 10.6 Å². The fourth-order valence-corrected chi connectivity index (χ4v) is 4.23. The van der Waals surface area contributed by atoms with Crippen molar-refractivity contribution in [1.29, 1.82) is 0 Å². The molecule has 2 aromatic carbocycles. The van der Waals surface area contributed by atoms with Gasteiger partial charge in [0.05, 0.1) is 23.0 Å². The van der Waals surface area contributed by atoms with Crippen molar-refractivity contribution in [3.63, 3.8) is 0 Å². The molecule has 1 saturated carbocycles. The average Bonchev–Trinajstić information content (AvgIpc) is 3.01. The predicted octanol–water partition coefficient (Wildman–Crippen LogP) is 4.43. The molecule has 1 aliphatic rings. The van der Waals surface area contributed by atoms with E-state index in [1.165, 1.54) is 0 Å². The van der Waals surface area contributed by atoms with Crippen LogP contribution in [0.4, 0.5) is 0 Å². The predicted molar refractivity (Wildman–Crippen MR) is 103 cm³/mol. The van der Waals surface area contributed by atoms with Gasteiger partial charge < -0.3 is 5.11 Å². The highest BCUT2D eigenvalue weighted by molar-refractivity contribution is 9.10. The lowest BCUT2D eigenvalue weighted by Crippen LogP contribution is -2.24. The molecule has 1 aromatic heterocycles. The molecule has 4 rings (SSSR count). The summed E-state index contributed by atoms with van der Waals surface area (Å²) >= 11 is 9.73. The second-order valence-corrected chi connectivity index (χ2v) is 7.68. The van der Waals surface area contributed by atoms with Gasteiger partial charge in [-0.3, -0.25) is 4.57 Å². The Bertz CT molecular complexity index is 1020. The van der Waals surface area contributed by atoms with Gasteiger partial charge >= 0.3 is 5.69 Å². The van der Waals surface area contributed by atoms with Crippen molar-refractivity contribution in [2.75, 3.05) is 0 Å². The molecule has 1 unspecified atom stereocenters. The Morgan fingerprint density at radius 2 is 2.00 bits per heavy atom. The van der Waals surface area contributed by atoms with Gasteiger partial charge in [0.1, 0.15) is 0 Å². The van der Waals surface area contributed by atoms with Crippen molar-refractivity contribution in [2.45, 2.75) is 31.3 Å². The van der Waals surface area contributed by atoms with Gasteiger partial charge in [-0.15, -0.1) is 0 Å². The molecule has 128 valence electrons. The number of benzene rings is 2. The molecule has 0 saturated heterocycles. The van der Waals surface area contributed by atoms with Crippen LogP contribution >= 0.6 is 27.5 Å². The first-order chi connectivity index (χ1) is 12.0. The van der Waals surface area contributed by atoms with Crippen LogP contribution in [-0.2, 0) is 0 Å². The smallest absolute Gasteiger partial charge is 0.352 e. The summed E-state index contributed by atoms with van der Waals surface area (Å²) in [6.45, 7) is 0. The van der Waals surface area contributed by atoms with E-state index in [0.29, 0.717) is 11.4 Å². The fraction of sp³-hybridized carbons (Fsp3) is 0.263. The lowest BCUT2D eigenvalue weighted by atomic mass is 9.99. The van der Waals surface area contributed by atoms with Crippen molar-refractivity contribution in [3.8, 4) is 5.69 Å². The standard InChI is InChI=1S/C19H16BrClN2O2/c20-15-3-1-2-4-16(15)23-17-10-12(21)6-8-14(17)18(22-19(23)25)11-5-7-13(24)9-11/h1-4,6,8,10-11,13,24H,5,7,9H2/t11?,13-/m1/s1. The van der Waals surface area contributed by atoms with Crippen molar-refractivity contribution in [2.24, 2.45) is 0 Å². The summed E-state index contributed by atoms with van der Waals surface area (Å²) in [5.74, 6) is 0.0974. The monoisotopic (exact) mass is 418 g/mol. The number of hydrogen-bond donors (Lipinski definition) is 1. The SMILES string of the molecule is O=c1nc(C2CC[C@@H](O)C2)c2ccc(Cl)cc2n1-c1ccccc1Br. The van der Waals surface area contributed by atoms with Crippen LogP contribution in [0.2, 0.25) is 5.02 Å². The second-order valence-electron chi connectivity index (χ2n) is 6.39. The summed E-state index contributed by atoms with van der Waals surface area (Å²) in [6, 6.07) is 13.1. The highest BCUT2D eigenvalue weighted by atomic mass is 79.9. The molecule has 0 spiro atoms. The third kappa shape index (κ3) is 3.01. The molecular weight excluding hydrogens is 404 g/mol. The van der Waals surface area contributed by atoms with E-state index < -0.39 is 0 Å². The molecule has 6 heteroatoms. The summed E-state index contributed by atoms with van der Waals surface area (Å²) < 4.78 is 2.39. The minimum atomic E-state index is -0.335. The zero-order valence-electron chi connectivity index (χ0n) is 13.3. The Balaban J connectivity index is 2.03. The van der Waals surface area contributed by atoms with Gasteiger partial charge in [-0.2, -0.15) is 4.98 Å². The van der Waals surface area contributed by atoms with E-state index in [2.05, 4.69) is 20.9 Å². The van der Waals surface area contributed by atoms with E-state index in [4.69, 9.17) is 11.6 Å². The van der Waals surface area contributed by atoms with E-state index in [9.17, 15) is 9.90 Å². The van der Waals surface area contributed by atoms with Crippen molar-refractivity contribution < 1.29 is 5.11 Å². The van der Waals surface area contributed by atoms with Gasteiger partial charge in [-0.05, 0) is 65.5 Å². The second kappa shape index (κ2) is 6.56. The highest BCUT2D eigenvalue weighted by Gasteiger charge is 2.28. The molecule has 1 heterocycles. The zero-order valence-corrected chi connectivity index (χ0v) is 15.7. The first kappa shape index (κ1) is 16.8. The van der Waals surface area contributed by atoms with Crippen LogP contribution < -0.4 is 5.69 Å². The van der Waals surface area contributed by atoms with Crippen LogP contribution in [0.25, 0.3) is 16.6 Å². The van der Waals surface area contributed by atoms with Crippen LogP contribution in [0.3, 0.4) is 0 Å². The minimum absolute atomic E-state index is 0.0974. The third-order valence-corrected chi connectivity index (χ3v) is 5.67. The number of hydrogen-bond acceptors (Lipinski definition) is 3. The molecule has 1 aliphatic carbocycles.